The number of rotatable bonds is 5. The molecule has 0 spiro atoms. The van der Waals surface area contributed by atoms with Crippen LogP contribution in [0.4, 0.5) is 0 Å². The molecule has 3 rings (SSSR count). The first-order valence-electron chi connectivity index (χ1n) is 8.34. The van der Waals surface area contributed by atoms with Gasteiger partial charge in [0.2, 0.25) is 5.78 Å². The molecular weight excluding hydrogens is 302 g/mol. The number of benzene rings is 1. The SMILES string of the molecule is Cc1cc(C)cc(C(=O)OCC(=O)c2cc(C)n(C3CC3)c2C)c1. The van der Waals surface area contributed by atoms with Gasteiger partial charge in [0.25, 0.3) is 0 Å². The van der Waals surface area contributed by atoms with Crippen LogP contribution in [0.5, 0.6) is 0 Å². The number of ketones is 1. The van der Waals surface area contributed by atoms with Crippen molar-refractivity contribution in [2.24, 2.45) is 0 Å². The van der Waals surface area contributed by atoms with Gasteiger partial charge in [0.05, 0.1) is 5.56 Å². The lowest BCUT2D eigenvalue weighted by atomic mass is 10.1. The van der Waals surface area contributed by atoms with Crippen LogP contribution < -0.4 is 0 Å². The molecule has 0 atom stereocenters. The highest BCUT2D eigenvalue weighted by Crippen LogP contribution is 2.38. The minimum atomic E-state index is -0.453. The number of hydrogen-bond donors (Lipinski definition) is 0. The van der Waals surface area contributed by atoms with E-state index in [4.69, 9.17) is 4.74 Å². The van der Waals surface area contributed by atoms with Crippen LogP contribution in [0.1, 0.15) is 62.1 Å². The van der Waals surface area contributed by atoms with Gasteiger partial charge in [-0.15, -0.1) is 0 Å². The Morgan fingerprint density at radius 1 is 1.04 bits per heavy atom. The van der Waals surface area contributed by atoms with Gasteiger partial charge in [-0.05, 0) is 58.7 Å². The van der Waals surface area contributed by atoms with Crippen LogP contribution in [-0.2, 0) is 4.74 Å². The number of esters is 1. The van der Waals surface area contributed by atoms with Gasteiger partial charge in [-0.2, -0.15) is 0 Å². The van der Waals surface area contributed by atoms with Crippen molar-refractivity contribution in [1.29, 1.82) is 0 Å². The summed E-state index contributed by atoms with van der Waals surface area (Å²) in [5.74, 6) is -0.598. The second-order valence-electron chi connectivity index (χ2n) is 6.76. The lowest BCUT2D eigenvalue weighted by Crippen LogP contribution is -2.15. The monoisotopic (exact) mass is 325 g/mol. The largest absolute Gasteiger partial charge is 0.454 e. The Morgan fingerprint density at radius 3 is 2.25 bits per heavy atom. The van der Waals surface area contributed by atoms with Gasteiger partial charge >= 0.3 is 5.97 Å². The molecule has 1 aliphatic carbocycles. The second-order valence-corrected chi connectivity index (χ2v) is 6.76. The first kappa shape index (κ1) is 16.5. The minimum absolute atomic E-state index is 0.146. The van der Waals surface area contributed by atoms with Crippen molar-refractivity contribution in [2.45, 2.75) is 46.6 Å². The third-order valence-corrected chi connectivity index (χ3v) is 4.49. The molecular formula is C20H23NO3. The van der Waals surface area contributed by atoms with E-state index in [0.29, 0.717) is 17.2 Å². The summed E-state index contributed by atoms with van der Waals surface area (Å²) in [6.45, 7) is 7.62. The van der Waals surface area contributed by atoms with E-state index in [-0.39, 0.29) is 12.4 Å². The third kappa shape index (κ3) is 3.28. The summed E-state index contributed by atoms with van der Waals surface area (Å²) in [4.78, 5) is 24.6. The van der Waals surface area contributed by atoms with Crippen molar-refractivity contribution in [1.82, 2.24) is 4.57 Å². The van der Waals surface area contributed by atoms with Crippen LogP contribution in [0.3, 0.4) is 0 Å². The Kier molecular flexibility index (Phi) is 4.31. The minimum Gasteiger partial charge on any atom is -0.454 e. The van der Waals surface area contributed by atoms with E-state index < -0.39 is 5.97 Å². The molecule has 1 aromatic heterocycles. The molecule has 0 N–H and O–H groups in total. The number of aryl methyl sites for hydroxylation is 3. The average molecular weight is 325 g/mol. The highest BCUT2D eigenvalue weighted by molar-refractivity contribution is 6.00. The number of Topliss-reactive ketones (excluding diaryl/α,β-unsaturated/α-hetero) is 1. The Labute approximate surface area is 142 Å². The number of hydrogen-bond acceptors (Lipinski definition) is 3. The molecule has 1 fully saturated rings. The molecule has 4 heteroatoms. The number of aromatic nitrogens is 1. The van der Waals surface area contributed by atoms with E-state index in [1.54, 1.807) is 12.1 Å². The Balaban J connectivity index is 1.69. The normalized spacial score (nSPS) is 13.8. The zero-order valence-electron chi connectivity index (χ0n) is 14.7. The van der Waals surface area contributed by atoms with E-state index in [1.807, 2.05) is 39.8 Å². The lowest BCUT2D eigenvalue weighted by molar-refractivity contribution is 0.0474. The summed E-state index contributed by atoms with van der Waals surface area (Å²) in [7, 11) is 0. The topological polar surface area (TPSA) is 48.3 Å². The average Bonchev–Trinajstić information content (AvgIpc) is 3.29. The highest BCUT2D eigenvalue weighted by Gasteiger charge is 2.28. The maximum atomic E-state index is 12.5. The Bertz CT molecular complexity index is 792. The summed E-state index contributed by atoms with van der Waals surface area (Å²) in [5.41, 5.74) is 5.22. The standard InChI is InChI=1S/C20H23NO3/c1-12-7-13(2)9-16(8-12)20(23)24-11-19(22)18-10-14(3)21(15(18)4)17-5-6-17/h7-10,17H,5-6,11H2,1-4H3. The van der Waals surface area contributed by atoms with Gasteiger partial charge in [-0.1, -0.05) is 17.2 Å². The second kappa shape index (κ2) is 6.27. The van der Waals surface area contributed by atoms with Gasteiger partial charge in [-0.3, -0.25) is 4.79 Å². The smallest absolute Gasteiger partial charge is 0.338 e. The summed E-state index contributed by atoms with van der Waals surface area (Å²) in [6, 6.07) is 7.98. The zero-order chi connectivity index (χ0) is 17.4. The van der Waals surface area contributed by atoms with Crippen molar-refractivity contribution in [3.05, 3.63) is 57.9 Å². The third-order valence-electron chi connectivity index (χ3n) is 4.49. The fraction of sp³-hybridized carbons (Fsp3) is 0.400. The lowest BCUT2D eigenvalue weighted by Gasteiger charge is -2.08. The van der Waals surface area contributed by atoms with Crippen molar-refractivity contribution >= 4 is 11.8 Å². The molecule has 4 nitrogen and oxygen atoms in total. The van der Waals surface area contributed by atoms with Gasteiger partial charge in [-0.25, -0.2) is 4.79 Å². The molecule has 1 aliphatic rings. The number of carbonyl (C=O) groups is 2. The van der Waals surface area contributed by atoms with E-state index in [1.165, 1.54) is 12.8 Å². The number of ether oxygens (including phenoxy) is 1. The van der Waals surface area contributed by atoms with Gasteiger partial charge < -0.3 is 9.30 Å². The molecule has 0 aliphatic heterocycles. The van der Waals surface area contributed by atoms with Crippen LogP contribution in [0.2, 0.25) is 0 Å². The van der Waals surface area contributed by atoms with Crippen LogP contribution in [0.15, 0.2) is 24.3 Å². The molecule has 0 amide bonds. The predicted octanol–water partition coefficient (Wildman–Crippen LogP) is 4.10. The van der Waals surface area contributed by atoms with Gasteiger partial charge in [0.1, 0.15) is 0 Å². The molecule has 0 radical (unpaired) electrons. The molecule has 1 heterocycles. The van der Waals surface area contributed by atoms with Crippen LogP contribution in [-0.4, -0.2) is 22.9 Å². The number of nitrogens with zero attached hydrogens (tertiary/aromatic N) is 1. The molecule has 0 saturated heterocycles. The van der Waals surface area contributed by atoms with Crippen LogP contribution in [0, 0.1) is 27.7 Å². The highest BCUT2D eigenvalue weighted by atomic mass is 16.5. The van der Waals surface area contributed by atoms with E-state index in [2.05, 4.69) is 4.57 Å². The summed E-state index contributed by atoms with van der Waals surface area (Å²) >= 11 is 0. The van der Waals surface area contributed by atoms with Gasteiger partial charge in [0, 0.05) is 23.0 Å². The quantitative estimate of drug-likeness (QED) is 0.614. The van der Waals surface area contributed by atoms with Gasteiger partial charge in [0.15, 0.2) is 6.61 Å². The molecule has 126 valence electrons. The van der Waals surface area contributed by atoms with Crippen LogP contribution in [0.25, 0.3) is 0 Å². The molecule has 1 aromatic carbocycles. The van der Waals surface area contributed by atoms with Crippen LogP contribution >= 0.6 is 0 Å². The first-order chi connectivity index (χ1) is 11.4. The fourth-order valence-corrected chi connectivity index (χ4v) is 3.34. The van der Waals surface area contributed by atoms with E-state index in [9.17, 15) is 9.59 Å². The van der Waals surface area contributed by atoms with Crippen molar-refractivity contribution in [3.8, 4) is 0 Å². The predicted molar refractivity (Wildman–Crippen MR) is 92.7 cm³/mol. The fourth-order valence-electron chi connectivity index (χ4n) is 3.34. The Morgan fingerprint density at radius 2 is 1.67 bits per heavy atom. The van der Waals surface area contributed by atoms with Crippen molar-refractivity contribution < 1.29 is 14.3 Å². The van der Waals surface area contributed by atoms with Crippen molar-refractivity contribution in [2.75, 3.05) is 6.61 Å². The molecule has 24 heavy (non-hydrogen) atoms. The zero-order valence-corrected chi connectivity index (χ0v) is 14.7. The molecule has 0 bridgehead atoms. The molecule has 2 aromatic rings. The number of carbonyl (C=O) groups excluding carboxylic acids is 2. The first-order valence-corrected chi connectivity index (χ1v) is 8.34. The van der Waals surface area contributed by atoms with E-state index in [0.717, 1.165) is 22.5 Å². The summed E-state index contributed by atoms with van der Waals surface area (Å²) < 4.78 is 7.46. The maximum Gasteiger partial charge on any atom is 0.338 e. The van der Waals surface area contributed by atoms with E-state index >= 15 is 0 Å². The summed E-state index contributed by atoms with van der Waals surface area (Å²) in [5, 5.41) is 0. The maximum absolute atomic E-state index is 12.5. The Hall–Kier alpha value is -2.36. The molecule has 0 unspecified atom stereocenters. The molecule has 1 saturated carbocycles. The van der Waals surface area contributed by atoms with Crippen molar-refractivity contribution in [3.63, 3.8) is 0 Å². The summed E-state index contributed by atoms with van der Waals surface area (Å²) in [6.07, 6.45) is 2.34.